The van der Waals surface area contributed by atoms with Gasteiger partial charge in [-0.3, -0.25) is 4.99 Å². The SMILES string of the molecule is Cc1ccc(N=Cc2cc3c(cc2Cl)N(C)C(C)(C)CC3C)cc1C. The first-order chi connectivity index (χ1) is 11.7. The van der Waals surface area contributed by atoms with Crippen LogP contribution in [0.3, 0.4) is 0 Å². The molecule has 3 heteroatoms. The summed E-state index contributed by atoms with van der Waals surface area (Å²) in [6, 6.07) is 10.6. The third-order valence-electron chi connectivity index (χ3n) is 5.60. The van der Waals surface area contributed by atoms with E-state index < -0.39 is 0 Å². The molecule has 0 aromatic heterocycles. The number of aliphatic imine (C=N–C) groups is 1. The lowest BCUT2D eigenvalue weighted by atomic mass is 9.80. The third kappa shape index (κ3) is 3.46. The third-order valence-corrected chi connectivity index (χ3v) is 5.92. The number of rotatable bonds is 2. The van der Waals surface area contributed by atoms with Gasteiger partial charge in [-0.1, -0.05) is 24.6 Å². The molecule has 0 radical (unpaired) electrons. The molecule has 3 rings (SSSR count). The number of anilines is 1. The van der Waals surface area contributed by atoms with E-state index in [0.29, 0.717) is 5.92 Å². The van der Waals surface area contributed by atoms with Gasteiger partial charge in [-0.25, -0.2) is 0 Å². The molecular formula is C22H27ClN2. The summed E-state index contributed by atoms with van der Waals surface area (Å²) in [4.78, 5) is 6.98. The second kappa shape index (κ2) is 6.49. The Labute approximate surface area is 156 Å². The molecule has 0 saturated carbocycles. The van der Waals surface area contributed by atoms with Gasteiger partial charge in [0, 0.05) is 30.1 Å². The predicted octanol–water partition coefficient (Wildman–Crippen LogP) is 6.43. The Morgan fingerprint density at radius 2 is 1.88 bits per heavy atom. The van der Waals surface area contributed by atoms with Gasteiger partial charge in [0.05, 0.1) is 10.7 Å². The number of aryl methyl sites for hydroxylation is 2. The van der Waals surface area contributed by atoms with Crippen molar-refractivity contribution in [1.82, 2.24) is 0 Å². The summed E-state index contributed by atoms with van der Waals surface area (Å²) in [5.41, 5.74) is 7.21. The first-order valence-electron chi connectivity index (χ1n) is 8.87. The van der Waals surface area contributed by atoms with E-state index in [2.05, 4.69) is 75.8 Å². The topological polar surface area (TPSA) is 15.6 Å². The first-order valence-corrected chi connectivity index (χ1v) is 9.25. The van der Waals surface area contributed by atoms with Crippen LogP contribution in [0.1, 0.15) is 55.4 Å². The van der Waals surface area contributed by atoms with Crippen molar-refractivity contribution < 1.29 is 0 Å². The molecule has 1 atom stereocenters. The van der Waals surface area contributed by atoms with Crippen molar-refractivity contribution in [3.63, 3.8) is 0 Å². The molecule has 0 N–H and O–H groups in total. The largest absolute Gasteiger partial charge is 0.369 e. The van der Waals surface area contributed by atoms with Crippen molar-refractivity contribution in [2.24, 2.45) is 4.99 Å². The Morgan fingerprint density at radius 3 is 2.56 bits per heavy atom. The van der Waals surface area contributed by atoms with Crippen LogP contribution in [-0.2, 0) is 0 Å². The maximum atomic E-state index is 6.57. The minimum atomic E-state index is 0.144. The van der Waals surface area contributed by atoms with Crippen molar-refractivity contribution in [3.05, 3.63) is 57.6 Å². The minimum Gasteiger partial charge on any atom is -0.369 e. The summed E-state index contributed by atoms with van der Waals surface area (Å²) in [6.07, 6.45) is 3.02. The van der Waals surface area contributed by atoms with Gasteiger partial charge >= 0.3 is 0 Å². The lowest BCUT2D eigenvalue weighted by molar-refractivity contribution is 0.395. The molecule has 0 aliphatic carbocycles. The number of benzene rings is 2. The van der Waals surface area contributed by atoms with Gasteiger partial charge in [0.25, 0.3) is 0 Å². The van der Waals surface area contributed by atoms with Gasteiger partial charge in [-0.2, -0.15) is 0 Å². The molecule has 1 heterocycles. The average Bonchev–Trinajstić information content (AvgIpc) is 2.54. The molecular weight excluding hydrogens is 328 g/mol. The van der Waals surface area contributed by atoms with Crippen LogP contribution in [0.25, 0.3) is 0 Å². The molecule has 2 aromatic carbocycles. The van der Waals surface area contributed by atoms with Crippen LogP contribution in [0, 0.1) is 13.8 Å². The minimum absolute atomic E-state index is 0.144. The highest BCUT2D eigenvalue weighted by Crippen LogP contribution is 2.44. The van der Waals surface area contributed by atoms with Crippen LogP contribution in [0.15, 0.2) is 35.3 Å². The van der Waals surface area contributed by atoms with E-state index >= 15 is 0 Å². The van der Waals surface area contributed by atoms with Crippen molar-refractivity contribution >= 4 is 29.2 Å². The van der Waals surface area contributed by atoms with Crippen LogP contribution in [-0.4, -0.2) is 18.8 Å². The molecule has 1 aliphatic heterocycles. The van der Waals surface area contributed by atoms with Crippen molar-refractivity contribution in [1.29, 1.82) is 0 Å². The number of halogens is 1. The molecule has 25 heavy (non-hydrogen) atoms. The summed E-state index contributed by atoms with van der Waals surface area (Å²) in [5, 5.41) is 0.753. The van der Waals surface area contributed by atoms with Gasteiger partial charge in [-0.05, 0) is 81.0 Å². The van der Waals surface area contributed by atoms with E-state index in [9.17, 15) is 0 Å². The molecule has 1 unspecified atom stereocenters. The van der Waals surface area contributed by atoms with Crippen molar-refractivity contribution in [3.8, 4) is 0 Å². The fraction of sp³-hybridized carbons (Fsp3) is 0.409. The molecule has 0 saturated heterocycles. The summed E-state index contributed by atoms with van der Waals surface area (Å²) in [6.45, 7) is 11.1. The van der Waals surface area contributed by atoms with E-state index in [-0.39, 0.29) is 5.54 Å². The summed E-state index contributed by atoms with van der Waals surface area (Å²) < 4.78 is 0. The molecule has 132 valence electrons. The van der Waals surface area contributed by atoms with Gasteiger partial charge in [-0.15, -0.1) is 0 Å². The van der Waals surface area contributed by atoms with E-state index in [0.717, 1.165) is 22.7 Å². The Bertz CT molecular complexity index is 836. The molecule has 2 nitrogen and oxygen atoms in total. The summed E-state index contributed by atoms with van der Waals surface area (Å²) in [5.74, 6) is 0.507. The number of fused-ring (bicyclic) bond motifs is 1. The second-order valence-electron chi connectivity index (χ2n) is 7.94. The lowest BCUT2D eigenvalue weighted by Crippen LogP contribution is -2.45. The van der Waals surface area contributed by atoms with E-state index in [4.69, 9.17) is 11.6 Å². The average molecular weight is 355 g/mol. The van der Waals surface area contributed by atoms with Crippen molar-refractivity contribution in [2.75, 3.05) is 11.9 Å². The quantitative estimate of drug-likeness (QED) is 0.567. The highest BCUT2D eigenvalue weighted by atomic mass is 35.5. The van der Waals surface area contributed by atoms with E-state index in [1.165, 1.54) is 22.4 Å². The van der Waals surface area contributed by atoms with Gasteiger partial charge in [0.15, 0.2) is 0 Å². The Hall–Kier alpha value is -1.80. The van der Waals surface area contributed by atoms with Crippen LogP contribution >= 0.6 is 11.6 Å². The highest BCUT2D eigenvalue weighted by molar-refractivity contribution is 6.33. The second-order valence-corrected chi connectivity index (χ2v) is 8.34. The zero-order valence-electron chi connectivity index (χ0n) is 16.0. The predicted molar refractivity (Wildman–Crippen MR) is 110 cm³/mol. The van der Waals surface area contributed by atoms with Crippen LogP contribution < -0.4 is 4.90 Å². The molecule has 0 fully saturated rings. The zero-order chi connectivity index (χ0) is 18.4. The fourth-order valence-electron chi connectivity index (χ4n) is 3.65. The Morgan fingerprint density at radius 1 is 1.16 bits per heavy atom. The Balaban J connectivity index is 1.98. The van der Waals surface area contributed by atoms with E-state index in [1.807, 2.05) is 12.3 Å². The number of nitrogens with zero attached hydrogens (tertiary/aromatic N) is 2. The van der Waals surface area contributed by atoms with Gasteiger partial charge < -0.3 is 4.90 Å². The lowest BCUT2D eigenvalue weighted by Gasteiger charge is -2.45. The molecule has 0 bridgehead atoms. The monoisotopic (exact) mass is 354 g/mol. The van der Waals surface area contributed by atoms with Gasteiger partial charge in [0.1, 0.15) is 0 Å². The smallest absolute Gasteiger partial charge is 0.0632 e. The molecule has 0 amide bonds. The van der Waals surface area contributed by atoms with Crippen LogP contribution in [0.4, 0.5) is 11.4 Å². The van der Waals surface area contributed by atoms with E-state index in [1.54, 1.807) is 0 Å². The summed E-state index contributed by atoms with van der Waals surface area (Å²) in [7, 11) is 2.16. The van der Waals surface area contributed by atoms with Crippen molar-refractivity contribution in [2.45, 2.75) is 52.5 Å². The van der Waals surface area contributed by atoms with Gasteiger partial charge in [0.2, 0.25) is 0 Å². The number of hydrogen-bond donors (Lipinski definition) is 0. The molecule has 2 aromatic rings. The molecule has 1 aliphatic rings. The van der Waals surface area contributed by atoms with Crippen LogP contribution in [0.5, 0.6) is 0 Å². The summed E-state index contributed by atoms with van der Waals surface area (Å²) >= 11 is 6.57. The number of hydrogen-bond acceptors (Lipinski definition) is 2. The fourth-order valence-corrected chi connectivity index (χ4v) is 3.86. The highest BCUT2D eigenvalue weighted by Gasteiger charge is 2.34. The zero-order valence-corrected chi connectivity index (χ0v) is 16.8. The van der Waals surface area contributed by atoms with Crippen LogP contribution in [0.2, 0.25) is 5.02 Å². The Kier molecular flexibility index (Phi) is 4.68. The maximum Gasteiger partial charge on any atom is 0.0632 e. The first kappa shape index (κ1) is 18.0. The molecule has 0 spiro atoms. The standard InChI is InChI=1S/C22H27ClN2/c1-14-7-8-18(9-15(14)2)24-13-17-10-19-16(3)12-22(4,5)25(6)21(19)11-20(17)23/h7-11,13,16H,12H2,1-6H3. The maximum absolute atomic E-state index is 6.57. The normalized spacial score (nSPS) is 19.3.